The first kappa shape index (κ1) is 12.9. The molecule has 1 unspecified atom stereocenters. The third-order valence-electron chi connectivity index (χ3n) is 2.76. The summed E-state index contributed by atoms with van der Waals surface area (Å²) in [6.07, 6.45) is 1.34. The van der Waals surface area contributed by atoms with E-state index in [4.69, 9.17) is 0 Å². The van der Waals surface area contributed by atoms with Crippen LogP contribution in [0.2, 0.25) is 0 Å². The smallest absolute Gasteiger partial charge is 0.261 e. The van der Waals surface area contributed by atoms with Crippen LogP contribution in [0.3, 0.4) is 0 Å². The van der Waals surface area contributed by atoms with Crippen molar-refractivity contribution in [2.45, 2.75) is 23.0 Å². The van der Waals surface area contributed by atoms with E-state index >= 15 is 0 Å². The summed E-state index contributed by atoms with van der Waals surface area (Å²) in [7, 11) is -2.99. The van der Waals surface area contributed by atoms with E-state index in [9.17, 15) is 13.2 Å². The van der Waals surface area contributed by atoms with Gasteiger partial charge >= 0.3 is 0 Å². The Morgan fingerprint density at radius 2 is 2.35 bits per heavy atom. The van der Waals surface area contributed by atoms with Crippen molar-refractivity contribution in [2.24, 2.45) is 0 Å². The Balaban J connectivity index is 1.93. The molecule has 1 N–H and O–H groups in total. The molecule has 2 heterocycles. The molecule has 1 fully saturated rings. The van der Waals surface area contributed by atoms with Gasteiger partial charge in [0.1, 0.15) is 0 Å². The van der Waals surface area contributed by atoms with E-state index < -0.39 is 15.1 Å². The van der Waals surface area contributed by atoms with Crippen molar-refractivity contribution in [3.63, 3.8) is 0 Å². The molecule has 7 heteroatoms. The molecule has 1 amide bonds. The van der Waals surface area contributed by atoms with Crippen LogP contribution in [0.1, 0.15) is 22.5 Å². The van der Waals surface area contributed by atoms with Gasteiger partial charge in [0.2, 0.25) is 0 Å². The second-order valence-electron chi connectivity index (χ2n) is 4.01. The number of carbonyl (C=O) groups is 1. The normalized spacial score (nSPS) is 22.5. The minimum absolute atomic E-state index is 0.209. The third-order valence-corrected chi connectivity index (χ3v) is 6.40. The van der Waals surface area contributed by atoms with E-state index in [0.29, 0.717) is 17.7 Å². The predicted octanol–water partition coefficient (Wildman–Crippen LogP) is 1.34. The molecule has 17 heavy (non-hydrogen) atoms. The highest BCUT2D eigenvalue weighted by molar-refractivity contribution is 7.92. The van der Waals surface area contributed by atoms with Crippen LogP contribution in [-0.4, -0.2) is 31.9 Å². The lowest BCUT2D eigenvalue weighted by atomic mass is 10.2. The van der Waals surface area contributed by atoms with Gasteiger partial charge in [-0.25, -0.2) is 8.42 Å². The van der Waals surface area contributed by atoms with Crippen LogP contribution in [0, 0.1) is 0 Å². The number of sulfone groups is 1. The van der Waals surface area contributed by atoms with Gasteiger partial charge in [0.25, 0.3) is 5.91 Å². The number of rotatable bonds is 3. The van der Waals surface area contributed by atoms with Gasteiger partial charge in [0, 0.05) is 16.8 Å². The fourth-order valence-electron chi connectivity index (χ4n) is 1.83. The fourth-order valence-corrected chi connectivity index (χ4v) is 4.66. The molecule has 1 saturated heterocycles. The second kappa shape index (κ2) is 4.99. The van der Waals surface area contributed by atoms with Crippen molar-refractivity contribution < 1.29 is 13.2 Å². The molecular formula is C10H13NO3S3. The zero-order valence-corrected chi connectivity index (χ0v) is 11.6. The molecule has 1 aromatic heterocycles. The van der Waals surface area contributed by atoms with Crippen LogP contribution in [0.5, 0.6) is 0 Å². The van der Waals surface area contributed by atoms with Gasteiger partial charge in [0.15, 0.2) is 9.84 Å². The van der Waals surface area contributed by atoms with Crippen molar-refractivity contribution >= 4 is 39.7 Å². The van der Waals surface area contributed by atoms with E-state index in [1.807, 2.05) is 0 Å². The van der Waals surface area contributed by atoms with Crippen LogP contribution in [-0.2, 0) is 9.84 Å². The first-order valence-electron chi connectivity index (χ1n) is 5.26. The minimum Gasteiger partial charge on any atom is -0.350 e. The summed E-state index contributed by atoms with van der Waals surface area (Å²) in [5.74, 6) is 0.0188. The van der Waals surface area contributed by atoms with E-state index in [0.717, 1.165) is 4.90 Å². The van der Waals surface area contributed by atoms with Crippen LogP contribution < -0.4 is 5.32 Å². The molecule has 1 aliphatic heterocycles. The standard InChI is InChI=1S/C10H13NO3S3/c12-10(9-4-7(15)6-16-9)11-5-8-2-1-3-17(8,13)14/h4,6,8,15H,1-3,5H2,(H,11,12). The summed E-state index contributed by atoms with van der Waals surface area (Å²) in [5, 5.41) is 4.02. The second-order valence-corrected chi connectivity index (χ2v) is 7.84. The molecule has 2 rings (SSSR count). The average molecular weight is 291 g/mol. The molecule has 94 valence electrons. The molecule has 1 aromatic rings. The van der Waals surface area contributed by atoms with Gasteiger partial charge in [-0.1, -0.05) is 0 Å². The number of thiol groups is 1. The molecule has 0 saturated carbocycles. The fraction of sp³-hybridized carbons (Fsp3) is 0.500. The molecule has 0 spiro atoms. The van der Waals surface area contributed by atoms with E-state index in [-0.39, 0.29) is 18.2 Å². The van der Waals surface area contributed by atoms with Crippen molar-refractivity contribution in [3.8, 4) is 0 Å². The number of hydrogen-bond donors (Lipinski definition) is 2. The van der Waals surface area contributed by atoms with Gasteiger partial charge < -0.3 is 5.32 Å². The summed E-state index contributed by atoms with van der Waals surface area (Å²) in [4.78, 5) is 13.0. The highest BCUT2D eigenvalue weighted by atomic mass is 32.2. The maximum Gasteiger partial charge on any atom is 0.261 e. The predicted molar refractivity (Wildman–Crippen MR) is 70.7 cm³/mol. The molecule has 0 radical (unpaired) electrons. The Morgan fingerprint density at radius 3 is 2.88 bits per heavy atom. The quantitative estimate of drug-likeness (QED) is 0.826. The molecule has 4 nitrogen and oxygen atoms in total. The Bertz CT molecular complexity index is 521. The number of thiophene rings is 1. The van der Waals surface area contributed by atoms with Gasteiger partial charge in [-0.3, -0.25) is 4.79 Å². The zero-order chi connectivity index (χ0) is 12.5. The minimum atomic E-state index is -2.99. The van der Waals surface area contributed by atoms with Crippen molar-refractivity contribution in [2.75, 3.05) is 12.3 Å². The van der Waals surface area contributed by atoms with Crippen molar-refractivity contribution in [1.82, 2.24) is 5.32 Å². The maximum absolute atomic E-state index is 11.7. The van der Waals surface area contributed by atoms with Crippen LogP contribution >= 0.6 is 24.0 Å². The van der Waals surface area contributed by atoms with E-state index in [1.165, 1.54) is 11.3 Å². The Labute approximate surface area is 110 Å². The van der Waals surface area contributed by atoms with E-state index in [2.05, 4.69) is 17.9 Å². The van der Waals surface area contributed by atoms with Gasteiger partial charge in [0.05, 0.1) is 15.9 Å². The van der Waals surface area contributed by atoms with E-state index in [1.54, 1.807) is 11.4 Å². The first-order chi connectivity index (χ1) is 7.99. The highest BCUT2D eigenvalue weighted by Crippen LogP contribution is 2.20. The van der Waals surface area contributed by atoms with Gasteiger partial charge in [-0.15, -0.1) is 24.0 Å². The zero-order valence-electron chi connectivity index (χ0n) is 9.05. The van der Waals surface area contributed by atoms with Gasteiger partial charge in [-0.05, 0) is 18.9 Å². The lowest BCUT2D eigenvalue weighted by molar-refractivity contribution is 0.0957. The molecule has 0 aromatic carbocycles. The summed E-state index contributed by atoms with van der Waals surface area (Å²) in [6.45, 7) is 0.209. The molecule has 0 bridgehead atoms. The monoisotopic (exact) mass is 291 g/mol. The molecule has 1 aliphatic rings. The maximum atomic E-state index is 11.7. The summed E-state index contributed by atoms with van der Waals surface area (Å²) in [5.41, 5.74) is 0. The highest BCUT2D eigenvalue weighted by Gasteiger charge is 2.31. The summed E-state index contributed by atoms with van der Waals surface area (Å²) >= 11 is 5.42. The van der Waals surface area contributed by atoms with Crippen molar-refractivity contribution in [1.29, 1.82) is 0 Å². The molecular weight excluding hydrogens is 278 g/mol. The topological polar surface area (TPSA) is 63.2 Å². The number of hydrogen-bond acceptors (Lipinski definition) is 5. The van der Waals surface area contributed by atoms with Crippen molar-refractivity contribution in [3.05, 3.63) is 16.3 Å². The Morgan fingerprint density at radius 1 is 1.59 bits per heavy atom. The molecule has 1 atom stereocenters. The lowest BCUT2D eigenvalue weighted by Crippen LogP contribution is -2.34. The number of amides is 1. The Kier molecular flexibility index (Phi) is 3.79. The third kappa shape index (κ3) is 3.02. The largest absolute Gasteiger partial charge is 0.350 e. The summed E-state index contributed by atoms with van der Waals surface area (Å²) in [6, 6.07) is 1.67. The SMILES string of the molecule is O=C(NCC1CCCS1(=O)=O)c1cc(S)cs1. The summed E-state index contributed by atoms with van der Waals surface area (Å²) < 4.78 is 23.1. The average Bonchev–Trinajstić information content (AvgIpc) is 2.81. The lowest BCUT2D eigenvalue weighted by Gasteiger charge is -2.09. The first-order valence-corrected chi connectivity index (χ1v) is 8.30. The number of carbonyl (C=O) groups excluding carboxylic acids is 1. The molecule has 0 aliphatic carbocycles. The van der Waals surface area contributed by atoms with Crippen LogP contribution in [0.15, 0.2) is 16.3 Å². The number of nitrogens with one attached hydrogen (secondary N) is 1. The van der Waals surface area contributed by atoms with Crippen LogP contribution in [0.25, 0.3) is 0 Å². The van der Waals surface area contributed by atoms with Crippen LogP contribution in [0.4, 0.5) is 0 Å². The van der Waals surface area contributed by atoms with Gasteiger partial charge in [-0.2, -0.15) is 0 Å². The Hall–Kier alpha value is -0.530.